The number of rotatable bonds is 2. The molecule has 0 saturated carbocycles. The maximum atomic E-state index is 4.28. The molecule has 5 heteroatoms. The Morgan fingerprint density at radius 3 is 3.14 bits per heavy atom. The Labute approximate surface area is 84.1 Å². The predicted octanol–water partition coefficient (Wildman–Crippen LogP) is -0.391. The lowest BCUT2D eigenvalue weighted by Gasteiger charge is -2.33. The Hall–Kier alpha value is -0.940. The molecule has 1 aliphatic heterocycles. The molecule has 1 aromatic rings. The zero-order valence-corrected chi connectivity index (χ0v) is 8.77. The Morgan fingerprint density at radius 2 is 2.50 bits per heavy atom. The predicted molar refractivity (Wildman–Crippen MR) is 53.7 cm³/mol. The van der Waals surface area contributed by atoms with Crippen LogP contribution < -0.4 is 5.32 Å². The first kappa shape index (κ1) is 9.61. The third kappa shape index (κ3) is 2.10. The van der Waals surface area contributed by atoms with Crippen molar-refractivity contribution in [3.8, 4) is 0 Å². The normalized spacial score (nSPS) is 24.0. The van der Waals surface area contributed by atoms with Crippen molar-refractivity contribution >= 4 is 0 Å². The van der Waals surface area contributed by atoms with E-state index >= 15 is 0 Å². The van der Waals surface area contributed by atoms with Crippen molar-refractivity contribution in [1.82, 2.24) is 25.2 Å². The van der Waals surface area contributed by atoms with E-state index in [1.54, 1.807) is 4.80 Å². The summed E-state index contributed by atoms with van der Waals surface area (Å²) in [5, 5.41) is 11.7. The Kier molecular flexibility index (Phi) is 2.79. The standard InChI is InChI=1S/C9H17N5/c1-8-5-10-3-4-14(8)7-9-6-11-13(2)12-9/h6,8,10H,3-5,7H2,1-2H3/t8-/m1/s1. The fraction of sp³-hybridized carbons (Fsp3) is 0.778. The molecule has 0 bridgehead atoms. The topological polar surface area (TPSA) is 46.0 Å². The number of aryl methyl sites for hydroxylation is 1. The minimum atomic E-state index is 0.589. The van der Waals surface area contributed by atoms with Gasteiger partial charge in [0.15, 0.2) is 0 Å². The molecule has 1 aromatic heterocycles. The molecular formula is C9H17N5. The van der Waals surface area contributed by atoms with Crippen LogP contribution in [-0.2, 0) is 13.6 Å². The highest BCUT2D eigenvalue weighted by Gasteiger charge is 2.18. The van der Waals surface area contributed by atoms with Gasteiger partial charge in [0, 0.05) is 39.3 Å². The van der Waals surface area contributed by atoms with Crippen molar-refractivity contribution < 1.29 is 0 Å². The zero-order chi connectivity index (χ0) is 9.97. The highest BCUT2D eigenvalue weighted by atomic mass is 15.5. The van der Waals surface area contributed by atoms with Crippen LogP contribution in [-0.4, -0.2) is 45.6 Å². The molecule has 1 fully saturated rings. The molecule has 0 aromatic carbocycles. The molecule has 2 heterocycles. The summed E-state index contributed by atoms with van der Waals surface area (Å²) in [5.74, 6) is 0. The first-order valence-electron chi connectivity index (χ1n) is 5.05. The number of hydrogen-bond acceptors (Lipinski definition) is 4. The van der Waals surface area contributed by atoms with Crippen LogP contribution >= 0.6 is 0 Å². The fourth-order valence-electron chi connectivity index (χ4n) is 1.79. The molecule has 0 spiro atoms. The Morgan fingerprint density at radius 1 is 1.64 bits per heavy atom. The third-order valence-corrected chi connectivity index (χ3v) is 2.65. The average Bonchev–Trinajstić information content (AvgIpc) is 2.56. The van der Waals surface area contributed by atoms with E-state index in [9.17, 15) is 0 Å². The second kappa shape index (κ2) is 4.06. The molecular weight excluding hydrogens is 178 g/mol. The van der Waals surface area contributed by atoms with Gasteiger partial charge in [-0.2, -0.15) is 15.0 Å². The maximum absolute atomic E-state index is 4.28. The quantitative estimate of drug-likeness (QED) is 0.698. The molecule has 1 atom stereocenters. The number of nitrogens with one attached hydrogen (secondary N) is 1. The van der Waals surface area contributed by atoms with E-state index in [2.05, 4.69) is 27.3 Å². The van der Waals surface area contributed by atoms with Crippen molar-refractivity contribution in [2.24, 2.45) is 7.05 Å². The molecule has 0 aliphatic carbocycles. The van der Waals surface area contributed by atoms with Crippen LogP contribution in [0.4, 0.5) is 0 Å². The summed E-state index contributed by atoms with van der Waals surface area (Å²) >= 11 is 0. The summed E-state index contributed by atoms with van der Waals surface area (Å²) in [6, 6.07) is 0.589. The van der Waals surface area contributed by atoms with Gasteiger partial charge in [0.25, 0.3) is 0 Å². The van der Waals surface area contributed by atoms with Crippen LogP contribution in [0.2, 0.25) is 0 Å². The summed E-state index contributed by atoms with van der Waals surface area (Å²) in [5.41, 5.74) is 1.06. The number of piperazine rings is 1. The average molecular weight is 195 g/mol. The SMILES string of the molecule is C[C@@H]1CNCCN1Cc1cnn(C)n1. The molecule has 0 amide bonds. The summed E-state index contributed by atoms with van der Waals surface area (Å²) in [7, 11) is 1.85. The molecule has 5 nitrogen and oxygen atoms in total. The minimum Gasteiger partial charge on any atom is -0.314 e. The molecule has 14 heavy (non-hydrogen) atoms. The third-order valence-electron chi connectivity index (χ3n) is 2.65. The lowest BCUT2D eigenvalue weighted by molar-refractivity contribution is 0.163. The highest BCUT2D eigenvalue weighted by Crippen LogP contribution is 2.06. The van der Waals surface area contributed by atoms with Gasteiger partial charge in [-0.3, -0.25) is 4.90 Å². The van der Waals surface area contributed by atoms with Crippen LogP contribution in [0.3, 0.4) is 0 Å². The van der Waals surface area contributed by atoms with E-state index in [0.717, 1.165) is 31.9 Å². The zero-order valence-electron chi connectivity index (χ0n) is 8.77. The van der Waals surface area contributed by atoms with E-state index < -0.39 is 0 Å². The van der Waals surface area contributed by atoms with Gasteiger partial charge in [-0.15, -0.1) is 0 Å². The Balaban J connectivity index is 1.95. The van der Waals surface area contributed by atoms with Crippen molar-refractivity contribution in [2.45, 2.75) is 19.5 Å². The van der Waals surface area contributed by atoms with Crippen molar-refractivity contribution in [3.63, 3.8) is 0 Å². The van der Waals surface area contributed by atoms with Crippen LogP contribution in [0.15, 0.2) is 6.20 Å². The first-order chi connectivity index (χ1) is 6.75. The van der Waals surface area contributed by atoms with Crippen LogP contribution in [0.1, 0.15) is 12.6 Å². The van der Waals surface area contributed by atoms with Gasteiger partial charge in [0.2, 0.25) is 0 Å². The lowest BCUT2D eigenvalue weighted by Crippen LogP contribution is -2.49. The van der Waals surface area contributed by atoms with Crippen LogP contribution in [0.25, 0.3) is 0 Å². The van der Waals surface area contributed by atoms with E-state index in [1.807, 2.05) is 13.2 Å². The Bertz CT molecular complexity index is 295. The maximum Gasteiger partial charge on any atom is 0.0967 e. The molecule has 1 N–H and O–H groups in total. The second-order valence-corrected chi connectivity index (χ2v) is 3.85. The molecule has 0 unspecified atom stereocenters. The van der Waals surface area contributed by atoms with Crippen molar-refractivity contribution in [1.29, 1.82) is 0 Å². The van der Waals surface area contributed by atoms with Crippen LogP contribution in [0, 0.1) is 0 Å². The summed E-state index contributed by atoms with van der Waals surface area (Å²) in [6.07, 6.45) is 1.84. The molecule has 0 radical (unpaired) electrons. The highest BCUT2D eigenvalue weighted by molar-refractivity contribution is 4.92. The van der Waals surface area contributed by atoms with Gasteiger partial charge in [-0.1, -0.05) is 0 Å². The largest absolute Gasteiger partial charge is 0.314 e. The number of aromatic nitrogens is 3. The monoisotopic (exact) mass is 195 g/mol. The summed E-state index contributed by atoms with van der Waals surface area (Å²) in [4.78, 5) is 4.04. The van der Waals surface area contributed by atoms with Gasteiger partial charge >= 0.3 is 0 Å². The number of nitrogens with zero attached hydrogens (tertiary/aromatic N) is 4. The van der Waals surface area contributed by atoms with Crippen molar-refractivity contribution in [3.05, 3.63) is 11.9 Å². The van der Waals surface area contributed by atoms with E-state index in [0.29, 0.717) is 6.04 Å². The summed E-state index contributed by atoms with van der Waals surface area (Å²) in [6.45, 7) is 6.39. The lowest BCUT2D eigenvalue weighted by atomic mass is 10.2. The second-order valence-electron chi connectivity index (χ2n) is 3.85. The van der Waals surface area contributed by atoms with Gasteiger partial charge in [0.05, 0.1) is 11.9 Å². The van der Waals surface area contributed by atoms with Gasteiger partial charge in [-0.25, -0.2) is 0 Å². The molecule has 1 aliphatic rings. The van der Waals surface area contributed by atoms with E-state index in [-0.39, 0.29) is 0 Å². The first-order valence-corrected chi connectivity index (χ1v) is 5.05. The molecule has 2 rings (SSSR count). The van der Waals surface area contributed by atoms with Gasteiger partial charge in [-0.05, 0) is 6.92 Å². The van der Waals surface area contributed by atoms with E-state index in [4.69, 9.17) is 0 Å². The molecule has 78 valence electrons. The fourth-order valence-corrected chi connectivity index (χ4v) is 1.79. The summed E-state index contributed by atoms with van der Waals surface area (Å²) < 4.78 is 0. The van der Waals surface area contributed by atoms with E-state index in [1.165, 1.54) is 0 Å². The van der Waals surface area contributed by atoms with Crippen molar-refractivity contribution in [2.75, 3.05) is 19.6 Å². The van der Waals surface area contributed by atoms with Gasteiger partial charge in [0.1, 0.15) is 0 Å². The smallest absolute Gasteiger partial charge is 0.0967 e. The van der Waals surface area contributed by atoms with Crippen LogP contribution in [0.5, 0.6) is 0 Å². The molecule has 1 saturated heterocycles. The minimum absolute atomic E-state index is 0.589. The van der Waals surface area contributed by atoms with Gasteiger partial charge < -0.3 is 5.32 Å². The number of hydrogen-bond donors (Lipinski definition) is 1.